The number of para-hydroxylation sites is 1. The molecule has 1 aliphatic rings. The zero-order valence-corrected chi connectivity index (χ0v) is 26.7. The van der Waals surface area contributed by atoms with Crippen LogP contribution in [0.1, 0.15) is 77.1 Å². The van der Waals surface area contributed by atoms with E-state index in [9.17, 15) is 27.6 Å². The smallest absolute Gasteiger partial charge is 0.317 e. The van der Waals surface area contributed by atoms with Crippen molar-refractivity contribution < 1.29 is 27.6 Å². The van der Waals surface area contributed by atoms with E-state index in [-0.39, 0.29) is 22.7 Å². The molecule has 246 valence electrons. The van der Waals surface area contributed by atoms with E-state index in [1.807, 2.05) is 58.0 Å². The average Bonchev–Trinajstić information content (AvgIpc) is 3.46. The summed E-state index contributed by atoms with van der Waals surface area (Å²) in [6.45, 7) is 9.49. The summed E-state index contributed by atoms with van der Waals surface area (Å²) < 4.78 is 40.6. The number of anilines is 2. The van der Waals surface area contributed by atoms with Crippen molar-refractivity contribution in [3.8, 4) is 5.69 Å². The molecule has 1 aliphatic heterocycles. The number of amides is 2. The Kier molecular flexibility index (Phi) is 9.67. The second kappa shape index (κ2) is 13.5. The van der Waals surface area contributed by atoms with Gasteiger partial charge in [0, 0.05) is 28.3 Å². The summed E-state index contributed by atoms with van der Waals surface area (Å²) in [5.41, 5.74) is 3.05. The topological polar surface area (TPSA) is 105 Å². The summed E-state index contributed by atoms with van der Waals surface area (Å²) >= 11 is 0. The molecule has 3 N–H and O–H groups in total. The molecule has 5 rings (SSSR count). The van der Waals surface area contributed by atoms with E-state index in [1.54, 1.807) is 28.9 Å². The van der Waals surface area contributed by atoms with Crippen molar-refractivity contribution in [2.45, 2.75) is 58.0 Å². The standard InChI is InChI=1S/C36H38F3N5O3/c1-22-9-15-26(16-10-22)44-30(21-29(43-44)35(2,3)4)42-34(47)41-28-8-6-5-7-27(28)31(23-17-19-40-20-18-23)32(45)24-11-13-25(14-12-24)33(46)36(37,38)39/h5-16,21,23,31,40H,17-20H2,1-4H3,(H2,41,42,47). The Morgan fingerprint density at radius 1 is 0.872 bits per heavy atom. The molecule has 11 heteroatoms. The molecule has 2 heterocycles. The monoisotopic (exact) mass is 645 g/mol. The maximum Gasteiger partial charge on any atom is 0.454 e. The van der Waals surface area contributed by atoms with Gasteiger partial charge >= 0.3 is 12.2 Å². The third-order valence-electron chi connectivity index (χ3n) is 8.37. The lowest BCUT2D eigenvalue weighted by Crippen LogP contribution is -2.34. The number of benzene rings is 3. The molecule has 0 saturated carbocycles. The Morgan fingerprint density at radius 3 is 2.11 bits per heavy atom. The zero-order valence-electron chi connectivity index (χ0n) is 26.7. The van der Waals surface area contributed by atoms with Gasteiger partial charge < -0.3 is 10.6 Å². The fraction of sp³-hybridized carbons (Fsp3) is 0.333. The minimum atomic E-state index is -5.01. The fourth-order valence-corrected chi connectivity index (χ4v) is 5.79. The van der Waals surface area contributed by atoms with Gasteiger partial charge in [0.25, 0.3) is 5.78 Å². The predicted octanol–water partition coefficient (Wildman–Crippen LogP) is 7.83. The van der Waals surface area contributed by atoms with Gasteiger partial charge in [-0.3, -0.25) is 14.9 Å². The summed E-state index contributed by atoms with van der Waals surface area (Å²) in [4.78, 5) is 39.4. The molecule has 2 amide bonds. The molecule has 1 fully saturated rings. The molecule has 1 aromatic heterocycles. The number of Topliss-reactive ketones (excluding diaryl/α,β-unsaturated/α-hetero) is 2. The second-order valence-corrected chi connectivity index (χ2v) is 12.9. The van der Waals surface area contributed by atoms with Crippen molar-refractivity contribution in [2.75, 3.05) is 23.7 Å². The minimum Gasteiger partial charge on any atom is -0.317 e. The van der Waals surface area contributed by atoms with Gasteiger partial charge in [0.05, 0.1) is 17.3 Å². The summed E-state index contributed by atoms with van der Waals surface area (Å²) in [5, 5.41) is 13.9. The third kappa shape index (κ3) is 7.79. The van der Waals surface area contributed by atoms with E-state index < -0.39 is 29.5 Å². The van der Waals surface area contributed by atoms with Crippen LogP contribution in [0.15, 0.2) is 78.9 Å². The Labute approximate surface area is 271 Å². The van der Waals surface area contributed by atoms with Crippen LogP contribution in [0.4, 0.5) is 29.5 Å². The highest BCUT2D eigenvalue weighted by Crippen LogP contribution is 2.38. The Bertz CT molecular complexity index is 1750. The maximum atomic E-state index is 14.1. The SMILES string of the molecule is Cc1ccc(-n2nc(C(C)(C)C)cc2NC(=O)Nc2ccccc2C(C(=O)c2ccc(C(=O)C(F)(F)F)cc2)C2CCNCC2)cc1. The van der Waals surface area contributed by atoms with E-state index in [4.69, 9.17) is 5.10 Å². The first-order chi connectivity index (χ1) is 22.2. The summed E-state index contributed by atoms with van der Waals surface area (Å²) in [6.07, 6.45) is -3.64. The number of carbonyl (C=O) groups excluding carboxylic acids is 3. The van der Waals surface area contributed by atoms with Crippen LogP contribution in [0.5, 0.6) is 0 Å². The highest BCUT2D eigenvalue weighted by molar-refractivity contribution is 6.05. The normalized spacial score (nSPS) is 14.8. The summed E-state index contributed by atoms with van der Waals surface area (Å²) in [6, 6.07) is 20.7. The number of aromatic nitrogens is 2. The van der Waals surface area contributed by atoms with Crippen molar-refractivity contribution in [3.05, 3.63) is 107 Å². The van der Waals surface area contributed by atoms with Crippen molar-refractivity contribution in [1.29, 1.82) is 0 Å². The molecule has 1 atom stereocenters. The van der Waals surface area contributed by atoms with Crippen molar-refractivity contribution >= 4 is 29.1 Å². The molecule has 3 aromatic carbocycles. The zero-order chi connectivity index (χ0) is 33.9. The van der Waals surface area contributed by atoms with Gasteiger partial charge in [-0.25, -0.2) is 9.48 Å². The number of piperidine rings is 1. The number of halogens is 3. The third-order valence-corrected chi connectivity index (χ3v) is 8.37. The van der Waals surface area contributed by atoms with Crippen LogP contribution in [0.3, 0.4) is 0 Å². The van der Waals surface area contributed by atoms with Gasteiger partial charge in [-0.15, -0.1) is 0 Å². The molecule has 1 unspecified atom stereocenters. The minimum absolute atomic E-state index is 0.0939. The number of hydrogen-bond donors (Lipinski definition) is 3. The Balaban J connectivity index is 1.45. The second-order valence-electron chi connectivity index (χ2n) is 12.9. The first-order valence-corrected chi connectivity index (χ1v) is 15.5. The van der Waals surface area contributed by atoms with Crippen molar-refractivity contribution in [3.63, 3.8) is 0 Å². The Morgan fingerprint density at radius 2 is 1.49 bits per heavy atom. The van der Waals surface area contributed by atoms with Crippen LogP contribution in [0.2, 0.25) is 0 Å². The number of rotatable bonds is 8. The van der Waals surface area contributed by atoms with Crippen LogP contribution in [0.25, 0.3) is 5.69 Å². The first kappa shape index (κ1) is 33.6. The van der Waals surface area contributed by atoms with Gasteiger partial charge in [-0.05, 0) is 62.5 Å². The van der Waals surface area contributed by atoms with Crippen LogP contribution in [0, 0.1) is 12.8 Å². The molecular formula is C36H38F3N5O3. The molecule has 8 nitrogen and oxygen atoms in total. The molecule has 0 radical (unpaired) electrons. The van der Waals surface area contributed by atoms with E-state index in [2.05, 4.69) is 16.0 Å². The summed E-state index contributed by atoms with van der Waals surface area (Å²) in [5.74, 6) is -2.59. The molecule has 0 bridgehead atoms. The molecule has 0 aliphatic carbocycles. The quantitative estimate of drug-likeness (QED) is 0.170. The number of ketones is 2. The van der Waals surface area contributed by atoms with E-state index >= 15 is 0 Å². The van der Waals surface area contributed by atoms with Gasteiger partial charge in [0.15, 0.2) is 5.78 Å². The molecule has 4 aromatic rings. The molecule has 0 spiro atoms. The van der Waals surface area contributed by atoms with Crippen molar-refractivity contribution in [1.82, 2.24) is 15.1 Å². The molecular weight excluding hydrogens is 607 g/mol. The van der Waals surface area contributed by atoms with Crippen LogP contribution >= 0.6 is 0 Å². The van der Waals surface area contributed by atoms with Crippen LogP contribution in [-0.4, -0.2) is 46.6 Å². The highest BCUT2D eigenvalue weighted by Gasteiger charge is 2.39. The lowest BCUT2D eigenvalue weighted by atomic mass is 9.75. The van der Waals surface area contributed by atoms with E-state index in [0.717, 1.165) is 29.1 Å². The lowest BCUT2D eigenvalue weighted by Gasteiger charge is -2.31. The van der Waals surface area contributed by atoms with E-state index in [1.165, 1.54) is 12.1 Å². The molecule has 1 saturated heterocycles. The number of nitrogens with one attached hydrogen (secondary N) is 3. The van der Waals surface area contributed by atoms with E-state index in [0.29, 0.717) is 43.0 Å². The van der Waals surface area contributed by atoms with Gasteiger partial charge in [-0.2, -0.15) is 18.3 Å². The fourth-order valence-electron chi connectivity index (χ4n) is 5.79. The number of aryl methyl sites for hydroxylation is 1. The van der Waals surface area contributed by atoms with Crippen LogP contribution in [-0.2, 0) is 5.41 Å². The first-order valence-electron chi connectivity index (χ1n) is 15.5. The van der Waals surface area contributed by atoms with Crippen LogP contribution < -0.4 is 16.0 Å². The number of urea groups is 1. The largest absolute Gasteiger partial charge is 0.454 e. The molecule has 47 heavy (non-hydrogen) atoms. The highest BCUT2D eigenvalue weighted by atomic mass is 19.4. The Hall–Kier alpha value is -4.77. The number of nitrogens with zero attached hydrogens (tertiary/aromatic N) is 2. The lowest BCUT2D eigenvalue weighted by molar-refractivity contribution is -0.0885. The van der Waals surface area contributed by atoms with Gasteiger partial charge in [0.1, 0.15) is 5.82 Å². The van der Waals surface area contributed by atoms with Gasteiger partial charge in [-0.1, -0.05) is 80.9 Å². The van der Waals surface area contributed by atoms with Crippen molar-refractivity contribution in [2.24, 2.45) is 5.92 Å². The van der Waals surface area contributed by atoms with Gasteiger partial charge in [0.2, 0.25) is 0 Å². The maximum absolute atomic E-state index is 14.1. The number of carbonyl (C=O) groups is 3. The average molecular weight is 646 g/mol. The number of hydrogen-bond acceptors (Lipinski definition) is 5. The number of alkyl halides is 3. The summed E-state index contributed by atoms with van der Waals surface area (Å²) in [7, 11) is 0. The predicted molar refractivity (Wildman–Crippen MR) is 176 cm³/mol.